The largest absolute Gasteiger partial charge is 0.550 e. The molecule has 0 saturated heterocycles. The van der Waals surface area contributed by atoms with Crippen molar-refractivity contribution >= 4 is 33.5 Å². The van der Waals surface area contributed by atoms with Crippen molar-refractivity contribution in [1.82, 2.24) is 0 Å². The van der Waals surface area contributed by atoms with Crippen molar-refractivity contribution < 1.29 is 22.4 Å². The Balaban J connectivity index is 2.15. The van der Waals surface area contributed by atoms with Crippen LogP contribution < -0.4 is 0 Å². The lowest BCUT2D eigenvalue weighted by atomic mass is 9.87. The quantitative estimate of drug-likeness (QED) is 0.412. The number of fused-ring (bicyclic) bond motifs is 1. The minimum Gasteiger partial charge on any atom is -0.150 e. The SMILES string of the molecule is CC(C)(C)c1csc2cc(SOOC(F)(F)F)ccc12. The van der Waals surface area contributed by atoms with E-state index < -0.39 is 6.36 Å². The number of hydrogen-bond donors (Lipinski definition) is 0. The highest BCUT2D eigenvalue weighted by Crippen LogP contribution is 2.37. The van der Waals surface area contributed by atoms with E-state index in [1.54, 1.807) is 23.5 Å². The molecule has 1 aromatic carbocycles. The molecular weight excluding hydrogens is 309 g/mol. The normalized spacial score (nSPS) is 13.1. The Labute approximate surface area is 123 Å². The van der Waals surface area contributed by atoms with E-state index >= 15 is 0 Å². The first-order valence-corrected chi connectivity index (χ1v) is 7.40. The molecule has 0 aliphatic heterocycles. The van der Waals surface area contributed by atoms with E-state index in [2.05, 4.69) is 35.4 Å². The fourth-order valence-electron chi connectivity index (χ4n) is 1.74. The molecule has 0 fully saturated rings. The summed E-state index contributed by atoms with van der Waals surface area (Å²) in [7, 11) is 0. The number of halogens is 3. The van der Waals surface area contributed by atoms with E-state index in [9.17, 15) is 13.2 Å². The Kier molecular flexibility index (Phi) is 4.34. The van der Waals surface area contributed by atoms with Crippen molar-refractivity contribution in [3.05, 3.63) is 29.1 Å². The molecule has 1 heterocycles. The average molecular weight is 322 g/mol. The van der Waals surface area contributed by atoms with E-state index in [4.69, 9.17) is 0 Å². The lowest BCUT2D eigenvalue weighted by Gasteiger charge is -2.17. The second-order valence-corrected chi connectivity index (χ2v) is 6.92. The predicted octanol–water partition coefficient (Wildman–Crippen LogP) is 5.67. The van der Waals surface area contributed by atoms with Gasteiger partial charge in [-0.05, 0) is 33.9 Å². The topological polar surface area (TPSA) is 18.5 Å². The van der Waals surface area contributed by atoms with Crippen molar-refractivity contribution in [1.29, 1.82) is 0 Å². The molecule has 0 saturated carbocycles. The van der Waals surface area contributed by atoms with Crippen LogP contribution >= 0.6 is 23.4 Å². The molecule has 1 aromatic heterocycles. The van der Waals surface area contributed by atoms with Gasteiger partial charge < -0.3 is 0 Å². The molecule has 0 atom stereocenters. The summed E-state index contributed by atoms with van der Waals surface area (Å²) in [5.74, 6) is 0. The van der Waals surface area contributed by atoms with Gasteiger partial charge in [-0.15, -0.1) is 29.4 Å². The van der Waals surface area contributed by atoms with Gasteiger partial charge in [0.1, 0.15) is 0 Å². The molecule has 0 amide bonds. The minimum absolute atomic E-state index is 0.0306. The maximum atomic E-state index is 11.8. The van der Waals surface area contributed by atoms with Gasteiger partial charge in [0.15, 0.2) is 0 Å². The maximum Gasteiger partial charge on any atom is 0.550 e. The lowest BCUT2D eigenvalue weighted by molar-refractivity contribution is -0.440. The number of benzene rings is 1. The Morgan fingerprint density at radius 3 is 2.45 bits per heavy atom. The minimum atomic E-state index is -4.79. The smallest absolute Gasteiger partial charge is 0.150 e. The van der Waals surface area contributed by atoms with Crippen LogP contribution in [0.1, 0.15) is 26.3 Å². The molecule has 0 aliphatic rings. The van der Waals surface area contributed by atoms with Gasteiger partial charge in [-0.25, -0.2) is 0 Å². The summed E-state index contributed by atoms with van der Waals surface area (Å²) in [5.41, 5.74) is 1.25. The van der Waals surface area contributed by atoms with Crippen LogP contribution in [0.5, 0.6) is 0 Å². The van der Waals surface area contributed by atoms with Gasteiger partial charge in [-0.3, -0.25) is 0 Å². The number of rotatable bonds is 3. The zero-order valence-electron chi connectivity index (χ0n) is 11.1. The van der Waals surface area contributed by atoms with Gasteiger partial charge in [-0.1, -0.05) is 26.8 Å². The second kappa shape index (κ2) is 5.55. The zero-order valence-corrected chi connectivity index (χ0v) is 12.7. The standard InChI is InChI=1S/C13H13F3O2S2/c1-12(2,3)10-7-19-11-6-8(4-5-9(10)11)20-18-17-13(14,15)16/h4-7H,1-3H3. The Morgan fingerprint density at radius 1 is 1.15 bits per heavy atom. The summed E-state index contributed by atoms with van der Waals surface area (Å²) in [5, 5.41) is 3.19. The van der Waals surface area contributed by atoms with Crippen LogP contribution in [0.4, 0.5) is 13.2 Å². The fraction of sp³-hybridized carbons (Fsp3) is 0.385. The first-order chi connectivity index (χ1) is 9.17. The molecule has 2 aromatic rings. The third-order valence-corrected chi connectivity index (χ3v) is 4.14. The summed E-state index contributed by atoms with van der Waals surface area (Å²) in [6, 6.07) is 5.40. The summed E-state index contributed by atoms with van der Waals surface area (Å²) >= 11 is 2.11. The molecule has 0 spiro atoms. The summed E-state index contributed by atoms with van der Waals surface area (Å²) < 4.78 is 40.5. The van der Waals surface area contributed by atoms with Gasteiger partial charge in [0.2, 0.25) is 0 Å². The third kappa shape index (κ3) is 3.88. The van der Waals surface area contributed by atoms with E-state index in [0.717, 1.165) is 10.1 Å². The molecule has 110 valence electrons. The van der Waals surface area contributed by atoms with Gasteiger partial charge in [0.25, 0.3) is 0 Å². The van der Waals surface area contributed by atoms with E-state index in [-0.39, 0.29) is 5.41 Å². The van der Waals surface area contributed by atoms with Crippen LogP contribution in [-0.4, -0.2) is 6.36 Å². The van der Waals surface area contributed by atoms with Crippen LogP contribution in [0, 0.1) is 0 Å². The Bertz CT molecular complexity index is 600. The van der Waals surface area contributed by atoms with Gasteiger partial charge in [-0.2, -0.15) is 4.33 Å². The molecular formula is C13H13F3O2S2. The number of hydrogen-bond acceptors (Lipinski definition) is 4. The Morgan fingerprint density at radius 2 is 1.85 bits per heavy atom. The van der Waals surface area contributed by atoms with Crippen molar-refractivity contribution in [2.45, 2.75) is 37.4 Å². The van der Waals surface area contributed by atoms with E-state index in [1.807, 2.05) is 6.07 Å². The second-order valence-electron chi connectivity index (χ2n) is 5.24. The van der Waals surface area contributed by atoms with Crippen LogP contribution in [0.25, 0.3) is 10.1 Å². The molecule has 20 heavy (non-hydrogen) atoms. The zero-order chi connectivity index (χ0) is 15.0. The van der Waals surface area contributed by atoms with Crippen molar-refractivity contribution in [3.63, 3.8) is 0 Å². The first-order valence-electron chi connectivity index (χ1n) is 5.78. The molecule has 2 rings (SSSR count). The maximum absolute atomic E-state index is 11.8. The molecule has 0 bridgehead atoms. The van der Waals surface area contributed by atoms with E-state index in [1.165, 1.54) is 5.56 Å². The summed E-state index contributed by atoms with van der Waals surface area (Å²) in [6.07, 6.45) is -4.79. The van der Waals surface area contributed by atoms with Gasteiger partial charge in [0.05, 0.1) is 12.0 Å². The fourth-order valence-corrected chi connectivity index (χ4v) is 3.52. The highest BCUT2D eigenvalue weighted by Gasteiger charge is 2.31. The van der Waals surface area contributed by atoms with Gasteiger partial charge in [0, 0.05) is 9.60 Å². The molecule has 2 nitrogen and oxygen atoms in total. The average Bonchev–Trinajstić information content (AvgIpc) is 2.69. The van der Waals surface area contributed by atoms with Crippen molar-refractivity contribution in [2.24, 2.45) is 0 Å². The Hall–Kier alpha value is -0.760. The molecule has 0 N–H and O–H groups in total. The monoisotopic (exact) mass is 322 g/mol. The van der Waals surface area contributed by atoms with Crippen molar-refractivity contribution in [3.8, 4) is 0 Å². The number of alkyl halides is 3. The molecule has 0 radical (unpaired) electrons. The van der Waals surface area contributed by atoms with E-state index in [0.29, 0.717) is 16.9 Å². The van der Waals surface area contributed by atoms with Crippen molar-refractivity contribution in [2.75, 3.05) is 0 Å². The van der Waals surface area contributed by atoms with Crippen LogP contribution in [-0.2, 0) is 14.6 Å². The van der Waals surface area contributed by atoms with Crippen LogP contribution in [0.15, 0.2) is 28.5 Å². The van der Waals surface area contributed by atoms with Gasteiger partial charge >= 0.3 is 6.36 Å². The van der Waals surface area contributed by atoms with Crippen LogP contribution in [0.2, 0.25) is 0 Å². The molecule has 0 aliphatic carbocycles. The lowest BCUT2D eigenvalue weighted by Crippen LogP contribution is -2.11. The summed E-state index contributed by atoms with van der Waals surface area (Å²) in [6.45, 7) is 6.37. The summed E-state index contributed by atoms with van der Waals surface area (Å²) in [4.78, 5) is 3.83. The highest BCUT2D eigenvalue weighted by atomic mass is 32.2. The molecule has 7 heteroatoms. The van der Waals surface area contributed by atoms with Crippen LogP contribution in [0.3, 0.4) is 0 Å². The third-order valence-electron chi connectivity index (χ3n) is 2.61. The predicted molar refractivity (Wildman–Crippen MR) is 74.6 cm³/mol. The first kappa shape index (κ1) is 15.6. The molecule has 0 unspecified atom stereocenters. The number of thiophene rings is 1. The highest BCUT2D eigenvalue weighted by molar-refractivity contribution is 7.94.